The van der Waals surface area contributed by atoms with Crippen molar-refractivity contribution >= 4 is 11.6 Å². The molecule has 2 N–H and O–H groups in total. The molecule has 1 aromatic heterocycles. The number of ether oxygens (including phenoxy) is 1. The SMILES string of the molecule is Cc1cnc(N)nc1Oc1cccc([N+](=O)[O-])c1C. The Morgan fingerprint density at radius 2 is 2.11 bits per heavy atom. The monoisotopic (exact) mass is 260 g/mol. The second-order valence-corrected chi connectivity index (χ2v) is 3.98. The van der Waals surface area contributed by atoms with Crippen LogP contribution in [-0.2, 0) is 0 Å². The average Bonchev–Trinajstić information content (AvgIpc) is 2.36. The highest BCUT2D eigenvalue weighted by Gasteiger charge is 2.15. The quantitative estimate of drug-likeness (QED) is 0.671. The van der Waals surface area contributed by atoms with Gasteiger partial charge >= 0.3 is 0 Å². The Morgan fingerprint density at radius 3 is 2.79 bits per heavy atom. The van der Waals surface area contributed by atoms with Crippen LogP contribution in [0.5, 0.6) is 11.6 Å². The fourth-order valence-corrected chi connectivity index (χ4v) is 1.56. The number of nitro groups is 1. The average molecular weight is 260 g/mol. The van der Waals surface area contributed by atoms with E-state index in [-0.39, 0.29) is 17.5 Å². The molecule has 0 atom stereocenters. The molecule has 0 radical (unpaired) electrons. The van der Waals surface area contributed by atoms with Crippen molar-refractivity contribution in [3.63, 3.8) is 0 Å². The smallest absolute Gasteiger partial charge is 0.276 e. The molecule has 7 heteroatoms. The van der Waals surface area contributed by atoms with Crippen LogP contribution in [0.15, 0.2) is 24.4 Å². The Balaban J connectivity index is 2.41. The maximum atomic E-state index is 10.9. The molecular formula is C12H12N4O3. The number of rotatable bonds is 3. The Hall–Kier alpha value is -2.70. The van der Waals surface area contributed by atoms with E-state index in [4.69, 9.17) is 10.5 Å². The number of nitrogen functional groups attached to an aromatic ring is 1. The van der Waals surface area contributed by atoms with Gasteiger partial charge in [0, 0.05) is 17.8 Å². The number of nitrogens with two attached hydrogens (primary N) is 1. The van der Waals surface area contributed by atoms with Gasteiger partial charge in [0.15, 0.2) is 0 Å². The van der Waals surface area contributed by atoms with Crippen molar-refractivity contribution in [2.24, 2.45) is 0 Å². The van der Waals surface area contributed by atoms with Gasteiger partial charge in [0.05, 0.1) is 10.5 Å². The van der Waals surface area contributed by atoms with Crippen LogP contribution in [-0.4, -0.2) is 14.9 Å². The zero-order valence-corrected chi connectivity index (χ0v) is 10.5. The predicted octanol–water partition coefficient (Wildman–Crippen LogP) is 2.38. The molecule has 1 heterocycles. The Labute approximate surface area is 109 Å². The Kier molecular flexibility index (Phi) is 3.28. The number of nitro benzene ring substituents is 1. The molecule has 0 fully saturated rings. The summed E-state index contributed by atoms with van der Waals surface area (Å²) in [6.45, 7) is 3.38. The maximum Gasteiger partial charge on any atom is 0.276 e. The van der Waals surface area contributed by atoms with Gasteiger partial charge in [-0.3, -0.25) is 10.1 Å². The van der Waals surface area contributed by atoms with Gasteiger partial charge in [0.25, 0.3) is 5.69 Å². The van der Waals surface area contributed by atoms with Gasteiger partial charge in [-0.25, -0.2) is 4.98 Å². The van der Waals surface area contributed by atoms with E-state index in [1.807, 2.05) is 0 Å². The first-order valence-electron chi connectivity index (χ1n) is 5.50. The Bertz CT molecular complexity index is 643. The third kappa shape index (κ3) is 2.59. The summed E-state index contributed by atoms with van der Waals surface area (Å²) in [5.41, 5.74) is 6.61. The van der Waals surface area contributed by atoms with E-state index in [0.29, 0.717) is 16.9 Å². The van der Waals surface area contributed by atoms with E-state index >= 15 is 0 Å². The number of anilines is 1. The Morgan fingerprint density at radius 1 is 1.37 bits per heavy atom. The molecule has 0 unspecified atom stereocenters. The molecule has 0 bridgehead atoms. The summed E-state index contributed by atoms with van der Waals surface area (Å²) in [6.07, 6.45) is 1.53. The molecule has 0 aliphatic rings. The van der Waals surface area contributed by atoms with Crippen molar-refractivity contribution in [3.05, 3.63) is 45.6 Å². The van der Waals surface area contributed by atoms with Gasteiger partial charge in [0.1, 0.15) is 5.75 Å². The lowest BCUT2D eigenvalue weighted by atomic mass is 10.2. The number of aryl methyl sites for hydroxylation is 1. The summed E-state index contributed by atoms with van der Waals surface area (Å²) in [5.74, 6) is 0.746. The highest BCUT2D eigenvalue weighted by atomic mass is 16.6. The molecule has 1 aromatic carbocycles. The van der Waals surface area contributed by atoms with E-state index in [1.54, 1.807) is 26.0 Å². The van der Waals surface area contributed by atoms with Gasteiger partial charge in [-0.1, -0.05) is 6.07 Å². The molecule has 0 saturated carbocycles. The third-order valence-electron chi connectivity index (χ3n) is 2.60. The predicted molar refractivity (Wildman–Crippen MR) is 69.1 cm³/mol. The van der Waals surface area contributed by atoms with Crippen molar-refractivity contribution < 1.29 is 9.66 Å². The van der Waals surface area contributed by atoms with Crippen molar-refractivity contribution in [1.82, 2.24) is 9.97 Å². The summed E-state index contributed by atoms with van der Waals surface area (Å²) in [5, 5.41) is 10.9. The van der Waals surface area contributed by atoms with Crippen LogP contribution in [0.1, 0.15) is 11.1 Å². The number of nitrogens with zero attached hydrogens (tertiary/aromatic N) is 3. The van der Waals surface area contributed by atoms with Gasteiger partial charge in [0.2, 0.25) is 11.8 Å². The lowest BCUT2D eigenvalue weighted by Crippen LogP contribution is -2.00. The summed E-state index contributed by atoms with van der Waals surface area (Å²) in [7, 11) is 0. The van der Waals surface area contributed by atoms with Gasteiger partial charge in [-0.15, -0.1) is 0 Å². The molecule has 0 aliphatic carbocycles. The van der Waals surface area contributed by atoms with E-state index in [9.17, 15) is 10.1 Å². The van der Waals surface area contributed by atoms with Crippen LogP contribution in [0.2, 0.25) is 0 Å². The number of benzene rings is 1. The number of hydrogen-bond donors (Lipinski definition) is 1. The van der Waals surface area contributed by atoms with Gasteiger partial charge in [-0.05, 0) is 19.9 Å². The van der Waals surface area contributed by atoms with Crippen molar-refractivity contribution in [3.8, 4) is 11.6 Å². The summed E-state index contributed by atoms with van der Waals surface area (Å²) in [6, 6.07) is 4.61. The summed E-state index contributed by atoms with van der Waals surface area (Å²) >= 11 is 0. The second-order valence-electron chi connectivity index (χ2n) is 3.98. The van der Waals surface area contributed by atoms with Crippen LogP contribution < -0.4 is 10.5 Å². The van der Waals surface area contributed by atoms with E-state index < -0.39 is 4.92 Å². The third-order valence-corrected chi connectivity index (χ3v) is 2.60. The van der Waals surface area contributed by atoms with E-state index in [0.717, 1.165) is 0 Å². The molecule has 0 saturated heterocycles. The molecule has 19 heavy (non-hydrogen) atoms. The maximum absolute atomic E-state index is 10.9. The molecule has 0 amide bonds. The normalized spacial score (nSPS) is 10.2. The minimum atomic E-state index is -0.455. The van der Waals surface area contributed by atoms with Gasteiger partial charge in [-0.2, -0.15) is 4.98 Å². The van der Waals surface area contributed by atoms with E-state index in [2.05, 4.69) is 9.97 Å². The highest BCUT2D eigenvalue weighted by molar-refractivity contribution is 5.49. The number of hydrogen-bond acceptors (Lipinski definition) is 6. The van der Waals surface area contributed by atoms with Crippen LogP contribution in [0, 0.1) is 24.0 Å². The molecule has 2 rings (SSSR count). The molecule has 0 spiro atoms. The van der Waals surface area contributed by atoms with Crippen LogP contribution >= 0.6 is 0 Å². The largest absolute Gasteiger partial charge is 0.438 e. The van der Waals surface area contributed by atoms with Crippen LogP contribution in [0.3, 0.4) is 0 Å². The first-order chi connectivity index (χ1) is 8.99. The zero-order valence-electron chi connectivity index (χ0n) is 10.5. The van der Waals surface area contributed by atoms with E-state index in [1.165, 1.54) is 12.3 Å². The fourth-order valence-electron chi connectivity index (χ4n) is 1.56. The topological polar surface area (TPSA) is 104 Å². The fraction of sp³-hybridized carbons (Fsp3) is 0.167. The van der Waals surface area contributed by atoms with Crippen molar-refractivity contribution in [2.75, 3.05) is 5.73 Å². The minimum Gasteiger partial charge on any atom is -0.438 e. The first kappa shape index (κ1) is 12.7. The molecule has 7 nitrogen and oxygen atoms in total. The summed E-state index contributed by atoms with van der Waals surface area (Å²) < 4.78 is 5.58. The van der Waals surface area contributed by atoms with Crippen molar-refractivity contribution in [2.45, 2.75) is 13.8 Å². The second kappa shape index (κ2) is 4.89. The minimum absolute atomic E-state index is 0.00261. The summed E-state index contributed by atoms with van der Waals surface area (Å²) in [4.78, 5) is 18.2. The number of aromatic nitrogens is 2. The van der Waals surface area contributed by atoms with Crippen LogP contribution in [0.4, 0.5) is 11.6 Å². The molecule has 98 valence electrons. The first-order valence-corrected chi connectivity index (χ1v) is 5.50. The van der Waals surface area contributed by atoms with Crippen molar-refractivity contribution in [1.29, 1.82) is 0 Å². The highest BCUT2D eigenvalue weighted by Crippen LogP contribution is 2.31. The molecular weight excluding hydrogens is 248 g/mol. The van der Waals surface area contributed by atoms with Crippen LogP contribution in [0.25, 0.3) is 0 Å². The molecule has 0 aliphatic heterocycles. The van der Waals surface area contributed by atoms with Gasteiger partial charge < -0.3 is 10.5 Å². The molecule has 2 aromatic rings. The zero-order chi connectivity index (χ0) is 14.0. The lowest BCUT2D eigenvalue weighted by Gasteiger charge is -2.09. The standard InChI is InChI=1S/C12H12N4O3/c1-7-6-14-12(13)15-11(7)19-10-5-3-4-9(8(10)2)16(17)18/h3-6H,1-2H3,(H2,13,14,15). The lowest BCUT2D eigenvalue weighted by molar-refractivity contribution is -0.385.